The number of hydrogen-bond acceptors (Lipinski definition) is 5. The highest BCUT2D eigenvalue weighted by molar-refractivity contribution is 7.90. The number of fused-ring (bicyclic) bond motifs is 1. The minimum absolute atomic E-state index is 0.160. The highest BCUT2D eigenvalue weighted by atomic mass is 32.2. The Labute approximate surface area is 122 Å². The first-order valence-electron chi connectivity index (χ1n) is 6.57. The molecule has 21 heavy (non-hydrogen) atoms. The summed E-state index contributed by atoms with van der Waals surface area (Å²) in [5.74, 6) is -0.732. The summed E-state index contributed by atoms with van der Waals surface area (Å²) in [6.07, 6.45) is 0.413. The van der Waals surface area contributed by atoms with Crippen molar-refractivity contribution in [3.05, 3.63) is 30.1 Å². The van der Waals surface area contributed by atoms with Gasteiger partial charge < -0.3 is 9.72 Å². The molecule has 0 radical (unpaired) electrons. The molecule has 2 N–H and O–H groups in total. The van der Waals surface area contributed by atoms with E-state index in [9.17, 15) is 13.2 Å². The Morgan fingerprint density at radius 3 is 2.86 bits per heavy atom. The second-order valence-corrected chi connectivity index (χ2v) is 6.22. The molecule has 0 aliphatic rings. The first-order valence-corrected chi connectivity index (χ1v) is 8.22. The van der Waals surface area contributed by atoms with Gasteiger partial charge in [0.2, 0.25) is 10.0 Å². The quantitative estimate of drug-likeness (QED) is 0.729. The summed E-state index contributed by atoms with van der Waals surface area (Å²) in [6, 6.07) is 7.55. The van der Waals surface area contributed by atoms with Gasteiger partial charge in [-0.15, -0.1) is 0 Å². The Bertz CT molecular complexity index is 691. The van der Waals surface area contributed by atoms with Crippen molar-refractivity contribution in [3.8, 4) is 0 Å². The Kier molecular flexibility index (Phi) is 4.92. The van der Waals surface area contributed by atoms with Crippen LogP contribution in [-0.2, 0) is 26.0 Å². The van der Waals surface area contributed by atoms with E-state index in [1.807, 2.05) is 24.3 Å². The number of aromatic nitrogens is 2. The van der Waals surface area contributed by atoms with Gasteiger partial charge >= 0.3 is 5.97 Å². The first kappa shape index (κ1) is 15.5. The summed E-state index contributed by atoms with van der Waals surface area (Å²) >= 11 is 0. The van der Waals surface area contributed by atoms with E-state index in [0.717, 1.165) is 11.0 Å². The average molecular weight is 311 g/mol. The number of hydrogen-bond donors (Lipinski definition) is 2. The number of ether oxygens (including phenoxy) is 1. The second kappa shape index (κ2) is 6.68. The molecule has 0 aliphatic carbocycles. The van der Waals surface area contributed by atoms with Gasteiger partial charge in [0, 0.05) is 13.0 Å². The Morgan fingerprint density at radius 1 is 1.38 bits per heavy atom. The van der Waals surface area contributed by atoms with Crippen molar-refractivity contribution in [2.75, 3.05) is 18.9 Å². The van der Waals surface area contributed by atoms with Crippen LogP contribution in [0.1, 0.15) is 12.7 Å². The van der Waals surface area contributed by atoms with E-state index in [1.54, 1.807) is 6.92 Å². The van der Waals surface area contributed by atoms with Gasteiger partial charge in [-0.1, -0.05) is 12.1 Å². The van der Waals surface area contributed by atoms with Gasteiger partial charge in [0.15, 0.2) is 5.75 Å². The molecule has 0 spiro atoms. The lowest BCUT2D eigenvalue weighted by atomic mass is 10.3. The first-order chi connectivity index (χ1) is 10.00. The molecule has 0 aliphatic heterocycles. The lowest BCUT2D eigenvalue weighted by Gasteiger charge is -2.05. The van der Waals surface area contributed by atoms with Crippen LogP contribution >= 0.6 is 0 Å². The van der Waals surface area contributed by atoms with Crippen LogP contribution in [0.15, 0.2) is 24.3 Å². The number of para-hydroxylation sites is 2. The van der Waals surface area contributed by atoms with Gasteiger partial charge in [0.1, 0.15) is 5.82 Å². The maximum atomic E-state index is 11.6. The fourth-order valence-electron chi connectivity index (χ4n) is 1.86. The molecule has 0 saturated heterocycles. The van der Waals surface area contributed by atoms with E-state index >= 15 is 0 Å². The molecule has 8 heteroatoms. The molecule has 0 unspecified atom stereocenters. The highest BCUT2D eigenvalue weighted by Gasteiger charge is 2.16. The minimum atomic E-state index is -3.67. The van der Waals surface area contributed by atoms with Crippen LogP contribution in [0.5, 0.6) is 0 Å². The average Bonchev–Trinajstić information content (AvgIpc) is 2.80. The lowest BCUT2D eigenvalue weighted by Crippen LogP contribution is -2.32. The van der Waals surface area contributed by atoms with Crippen LogP contribution in [0.2, 0.25) is 0 Å². The van der Waals surface area contributed by atoms with E-state index < -0.39 is 21.7 Å². The van der Waals surface area contributed by atoms with Crippen LogP contribution in [0.25, 0.3) is 11.0 Å². The summed E-state index contributed by atoms with van der Waals surface area (Å²) in [5.41, 5.74) is 1.74. The zero-order chi connectivity index (χ0) is 15.3. The standard InChI is InChI=1S/C13H17N3O4S/c1-2-20-13(17)9-21(18,19)14-8-7-12-15-10-5-3-4-6-11(10)16-12/h3-6,14H,2,7-9H2,1H3,(H,15,16). The number of imidazole rings is 1. The molecule has 0 fully saturated rings. The van der Waals surface area contributed by atoms with E-state index in [4.69, 9.17) is 0 Å². The van der Waals surface area contributed by atoms with Crippen LogP contribution in [0, 0.1) is 0 Å². The van der Waals surface area contributed by atoms with Crippen LogP contribution in [0.4, 0.5) is 0 Å². The third kappa shape index (κ3) is 4.54. The molecule has 1 heterocycles. The van der Waals surface area contributed by atoms with Gasteiger partial charge in [0.25, 0.3) is 0 Å². The molecule has 2 rings (SSSR count). The zero-order valence-corrected chi connectivity index (χ0v) is 12.4. The monoisotopic (exact) mass is 311 g/mol. The number of benzene rings is 1. The van der Waals surface area contributed by atoms with E-state index in [1.165, 1.54) is 0 Å². The van der Waals surface area contributed by atoms with Crippen LogP contribution in [-0.4, -0.2) is 43.3 Å². The van der Waals surface area contributed by atoms with Crippen molar-refractivity contribution in [1.82, 2.24) is 14.7 Å². The van der Waals surface area contributed by atoms with Gasteiger partial charge in [-0.25, -0.2) is 18.1 Å². The number of nitrogens with zero attached hydrogens (tertiary/aromatic N) is 1. The summed E-state index contributed by atoms with van der Waals surface area (Å²) in [4.78, 5) is 18.6. The molecule has 7 nitrogen and oxygen atoms in total. The number of aromatic amines is 1. The predicted molar refractivity (Wildman–Crippen MR) is 78.2 cm³/mol. The topological polar surface area (TPSA) is 101 Å². The number of H-pyrrole nitrogens is 1. The molecule has 0 atom stereocenters. The van der Waals surface area contributed by atoms with Crippen LogP contribution in [0.3, 0.4) is 0 Å². The summed E-state index contributed by atoms with van der Waals surface area (Å²) in [5, 5.41) is 0. The summed E-state index contributed by atoms with van der Waals surface area (Å²) in [7, 11) is -3.67. The van der Waals surface area contributed by atoms with Crippen molar-refractivity contribution in [2.45, 2.75) is 13.3 Å². The second-order valence-electron chi connectivity index (χ2n) is 4.41. The van der Waals surface area contributed by atoms with E-state index in [0.29, 0.717) is 12.2 Å². The largest absolute Gasteiger partial charge is 0.465 e. The number of carbonyl (C=O) groups is 1. The third-order valence-electron chi connectivity index (χ3n) is 2.74. The molecule has 1 aromatic carbocycles. The zero-order valence-electron chi connectivity index (χ0n) is 11.6. The van der Waals surface area contributed by atoms with Gasteiger partial charge in [0.05, 0.1) is 17.6 Å². The smallest absolute Gasteiger partial charge is 0.322 e. The molecular formula is C13H17N3O4S. The fraction of sp³-hybridized carbons (Fsp3) is 0.385. The number of esters is 1. The van der Waals surface area contributed by atoms with E-state index in [-0.39, 0.29) is 13.2 Å². The Hall–Kier alpha value is -1.93. The molecule has 114 valence electrons. The Morgan fingerprint density at radius 2 is 2.14 bits per heavy atom. The summed E-state index contributed by atoms with van der Waals surface area (Å²) < 4.78 is 30.2. The predicted octanol–water partition coefficient (Wildman–Crippen LogP) is 0.588. The SMILES string of the molecule is CCOC(=O)CS(=O)(=O)NCCc1nc2ccccc2[nH]1. The minimum Gasteiger partial charge on any atom is -0.465 e. The van der Waals surface area contributed by atoms with Gasteiger partial charge in [-0.3, -0.25) is 4.79 Å². The number of sulfonamides is 1. The molecule has 0 bridgehead atoms. The van der Waals surface area contributed by atoms with Crippen molar-refractivity contribution < 1.29 is 17.9 Å². The number of nitrogens with one attached hydrogen (secondary N) is 2. The fourth-order valence-corrected chi connectivity index (χ4v) is 2.77. The van der Waals surface area contributed by atoms with Gasteiger partial charge in [-0.2, -0.15) is 0 Å². The third-order valence-corrected chi connectivity index (χ3v) is 4.00. The Balaban J connectivity index is 1.87. The molecular weight excluding hydrogens is 294 g/mol. The van der Waals surface area contributed by atoms with Crippen LogP contribution < -0.4 is 4.72 Å². The molecule has 0 amide bonds. The van der Waals surface area contributed by atoms with Crippen molar-refractivity contribution in [3.63, 3.8) is 0 Å². The number of rotatable bonds is 7. The maximum Gasteiger partial charge on any atom is 0.322 e. The normalized spacial score (nSPS) is 11.7. The van der Waals surface area contributed by atoms with E-state index in [2.05, 4.69) is 19.4 Å². The molecule has 1 aromatic heterocycles. The van der Waals surface area contributed by atoms with Crippen molar-refractivity contribution in [2.24, 2.45) is 0 Å². The molecule has 2 aromatic rings. The maximum absolute atomic E-state index is 11.6. The lowest BCUT2D eigenvalue weighted by molar-refractivity contribution is -0.139. The summed E-state index contributed by atoms with van der Waals surface area (Å²) in [6.45, 7) is 1.95. The highest BCUT2D eigenvalue weighted by Crippen LogP contribution is 2.10. The molecule has 0 saturated carbocycles. The van der Waals surface area contributed by atoms with Gasteiger partial charge in [-0.05, 0) is 19.1 Å². The number of carbonyl (C=O) groups excluding carboxylic acids is 1. The van der Waals surface area contributed by atoms with Crippen molar-refractivity contribution >= 4 is 27.0 Å². The van der Waals surface area contributed by atoms with Crippen molar-refractivity contribution in [1.29, 1.82) is 0 Å².